The van der Waals surface area contributed by atoms with Crippen molar-refractivity contribution in [3.05, 3.63) is 76.5 Å². The van der Waals surface area contributed by atoms with Gasteiger partial charge in [-0.3, -0.25) is 4.79 Å². The normalized spacial score (nSPS) is 13.1. The Balaban J connectivity index is 1.60. The number of hydrogen-bond donors (Lipinski definition) is 6. The van der Waals surface area contributed by atoms with E-state index in [9.17, 15) is 30.3 Å². The van der Waals surface area contributed by atoms with Gasteiger partial charge in [-0.1, -0.05) is 12.1 Å². The summed E-state index contributed by atoms with van der Waals surface area (Å²) < 4.78 is 11.3. The maximum atomic E-state index is 12.4. The van der Waals surface area contributed by atoms with E-state index in [0.717, 1.165) is 6.07 Å². The lowest BCUT2D eigenvalue weighted by Gasteiger charge is -2.16. The Morgan fingerprint density at radius 3 is 2.27 bits per heavy atom. The van der Waals surface area contributed by atoms with Crippen LogP contribution in [0.3, 0.4) is 0 Å². The maximum absolute atomic E-state index is 12.4. The van der Waals surface area contributed by atoms with Gasteiger partial charge >= 0.3 is 0 Å². The Hall–Kier alpha value is -4.05. The lowest BCUT2D eigenvalue weighted by Crippen LogP contribution is -2.21. The Morgan fingerprint density at radius 1 is 0.879 bits per heavy atom. The van der Waals surface area contributed by atoms with Crippen LogP contribution in [0, 0.1) is 0 Å². The van der Waals surface area contributed by atoms with Crippen molar-refractivity contribution >= 4 is 11.0 Å². The molecule has 0 saturated heterocycles. The van der Waals surface area contributed by atoms with Crippen LogP contribution in [-0.2, 0) is 0 Å². The number of benzene rings is 3. The average molecular weight is 452 g/mol. The fourth-order valence-electron chi connectivity index (χ4n) is 3.34. The van der Waals surface area contributed by atoms with Gasteiger partial charge in [0.05, 0.1) is 6.61 Å². The number of aromatic hydroxyl groups is 3. The number of ether oxygens (including phenoxy) is 1. The molecule has 0 aliphatic carbocycles. The molecule has 1 aromatic heterocycles. The SMILES string of the molecule is O=c1cc(-c2ccc(Oc3ccc([C@H](O)[C@@H](O)CO)cc3)c(O)c2)oc2cc(O)cc(O)c12. The molecule has 0 radical (unpaired) electrons. The van der Waals surface area contributed by atoms with E-state index in [1.54, 1.807) is 6.07 Å². The molecular weight excluding hydrogens is 432 g/mol. The number of aliphatic hydroxyl groups excluding tert-OH is 3. The van der Waals surface area contributed by atoms with Crippen molar-refractivity contribution in [2.45, 2.75) is 12.2 Å². The zero-order valence-corrected chi connectivity index (χ0v) is 17.0. The molecule has 0 spiro atoms. The topological polar surface area (TPSA) is 161 Å². The summed E-state index contributed by atoms with van der Waals surface area (Å²) in [4.78, 5) is 12.4. The molecule has 170 valence electrons. The number of phenols is 3. The molecular formula is C24H20O9. The third kappa shape index (κ3) is 4.46. The first kappa shape index (κ1) is 22.2. The molecule has 0 aliphatic heterocycles. The van der Waals surface area contributed by atoms with Gasteiger partial charge < -0.3 is 39.8 Å². The van der Waals surface area contributed by atoms with Gasteiger partial charge in [0.2, 0.25) is 0 Å². The molecule has 0 aliphatic rings. The molecule has 4 rings (SSSR count). The Kier molecular flexibility index (Phi) is 5.93. The van der Waals surface area contributed by atoms with Gasteiger partial charge in [-0.15, -0.1) is 0 Å². The van der Waals surface area contributed by atoms with Gasteiger partial charge in [-0.2, -0.15) is 0 Å². The molecule has 0 amide bonds. The molecule has 4 aromatic rings. The zero-order chi connectivity index (χ0) is 23.7. The van der Waals surface area contributed by atoms with Crippen LogP contribution in [0.1, 0.15) is 11.7 Å². The minimum atomic E-state index is -1.31. The first-order chi connectivity index (χ1) is 15.8. The maximum Gasteiger partial charge on any atom is 0.197 e. The largest absolute Gasteiger partial charge is 0.508 e. The highest BCUT2D eigenvalue weighted by Gasteiger charge is 2.18. The van der Waals surface area contributed by atoms with E-state index in [2.05, 4.69) is 0 Å². The van der Waals surface area contributed by atoms with Crippen LogP contribution in [0.15, 0.2) is 69.9 Å². The van der Waals surface area contributed by atoms with Crippen LogP contribution < -0.4 is 10.2 Å². The number of aliphatic hydroxyl groups is 3. The summed E-state index contributed by atoms with van der Waals surface area (Å²) in [5.41, 5.74) is 0.214. The summed E-state index contributed by atoms with van der Waals surface area (Å²) >= 11 is 0. The molecule has 9 nitrogen and oxygen atoms in total. The van der Waals surface area contributed by atoms with Crippen LogP contribution in [0.2, 0.25) is 0 Å². The van der Waals surface area contributed by atoms with E-state index in [1.807, 2.05) is 0 Å². The lowest BCUT2D eigenvalue weighted by atomic mass is 10.0. The van der Waals surface area contributed by atoms with Crippen LogP contribution in [0.25, 0.3) is 22.3 Å². The first-order valence-electron chi connectivity index (χ1n) is 9.85. The molecule has 1 heterocycles. The summed E-state index contributed by atoms with van der Waals surface area (Å²) in [5.74, 6) is -0.344. The molecule has 33 heavy (non-hydrogen) atoms. The van der Waals surface area contributed by atoms with Gasteiger partial charge in [0.25, 0.3) is 0 Å². The van der Waals surface area contributed by atoms with E-state index < -0.39 is 30.0 Å². The monoisotopic (exact) mass is 452 g/mol. The molecule has 3 aromatic carbocycles. The quantitative estimate of drug-likeness (QED) is 0.258. The fraction of sp³-hybridized carbons (Fsp3) is 0.125. The van der Waals surface area contributed by atoms with Crippen LogP contribution in [0.5, 0.6) is 28.7 Å². The highest BCUT2D eigenvalue weighted by Crippen LogP contribution is 2.36. The highest BCUT2D eigenvalue weighted by molar-refractivity contribution is 5.86. The van der Waals surface area contributed by atoms with Gasteiger partial charge in [0.15, 0.2) is 16.9 Å². The fourth-order valence-corrected chi connectivity index (χ4v) is 3.34. The van der Waals surface area contributed by atoms with Crippen LogP contribution in [-0.4, -0.2) is 43.4 Å². The van der Waals surface area contributed by atoms with Gasteiger partial charge in [0, 0.05) is 23.8 Å². The molecule has 2 atom stereocenters. The van der Waals surface area contributed by atoms with Gasteiger partial charge in [-0.05, 0) is 35.9 Å². The molecule has 0 fully saturated rings. The van der Waals surface area contributed by atoms with Crippen molar-refractivity contribution in [3.63, 3.8) is 0 Å². The summed E-state index contributed by atoms with van der Waals surface area (Å²) in [7, 11) is 0. The third-order valence-electron chi connectivity index (χ3n) is 5.04. The van der Waals surface area contributed by atoms with E-state index in [1.165, 1.54) is 48.5 Å². The van der Waals surface area contributed by atoms with Crippen LogP contribution >= 0.6 is 0 Å². The van der Waals surface area contributed by atoms with Crippen LogP contribution in [0.4, 0.5) is 0 Å². The van der Waals surface area contributed by atoms with E-state index in [-0.39, 0.29) is 34.0 Å². The van der Waals surface area contributed by atoms with Gasteiger partial charge in [0.1, 0.15) is 46.2 Å². The highest BCUT2D eigenvalue weighted by atomic mass is 16.5. The Labute approximate surface area is 186 Å². The molecule has 0 saturated carbocycles. The second kappa shape index (κ2) is 8.83. The minimum Gasteiger partial charge on any atom is -0.508 e. The summed E-state index contributed by atoms with van der Waals surface area (Å²) in [6, 6.07) is 13.8. The van der Waals surface area contributed by atoms with E-state index in [4.69, 9.17) is 14.3 Å². The summed E-state index contributed by atoms with van der Waals surface area (Å²) in [6.45, 7) is -0.584. The zero-order valence-electron chi connectivity index (χ0n) is 17.0. The smallest absolute Gasteiger partial charge is 0.197 e. The van der Waals surface area contributed by atoms with Crippen molar-refractivity contribution in [2.75, 3.05) is 6.61 Å². The second-order valence-corrected chi connectivity index (χ2v) is 7.36. The van der Waals surface area contributed by atoms with Crippen molar-refractivity contribution in [1.82, 2.24) is 0 Å². The Morgan fingerprint density at radius 2 is 1.61 bits per heavy atom. The minimum absolute atomic E-state index is 0.0107. The Bertz CT molecular complexity index is 1360. The number of phenolic OH excluding ortho intramolecular Hbond substituents is 3. The number of fused-ring (bicyclic) bond motifs is 1. The summed E-state index contributed by atoms with van der Waals surface area (Å²) in [6.07, 6.45) is -2.56. The summed E-state index contributed by atoms with van der Waals surface area (Å²) in [5, 5.41) is 58.3. The number of hydrogen-bond acceptors (Lipinski definition) is 9. The van der Waals surface area contributed by atoms with Crippen molar-refractivity contribution in [3.8, 4) is 40.1 Å². The van der Waals surface area contributed by atoms with Crippen molar-refractivity contribution in [1.29, 1.82) is 0 Å². The molecule has 6 N–H and O–H groups in total. The predicted molar refractivity (Wildman–Crippen MR) is 117 cm³/mol. The average Bonchev–Trinajstić information content (AvgIpc) is 2.79. The number of rotatable bonds is 6. The van der Waals surface area contributed by atoms with Crippen molar-refractivity contribution < 1.29 is 39.8 Å². The third-order valence-corrected chi connectivity index (χ3v) is 5.04. The van der Waals surface area contributed by atoms with Crippen molar-refractivity contribution in [2.24, 2.45) is 0 Å². The standard InChI is InChI=1S/C24H20O9/c25-11-19(30)24(31)12-1-4-15(5-2-12)32-20-6-3-13(7-16(20)27)21-10-18(29)23-17(28)8-14(26)9-22(23)33-21/h1-10,19,24-28,30-31H,11H2/t19-,24-/m0/s1. The van der Waals surface area contributed by atoms with E-state index >= 15 is 0 Å². The predicted octanol–water partition coefficient (Wildman–Crippen LogP) is 2.76. The lowest BCUT2D eigenvalue weighted by molar-refractivity contribution is -0.0152. The van der Waals surface area contributed by atoms with Gasteiger partial charge in [-0.25, -0.2) is 0 Å². The van der Waals surface area contributed by atoms with E-state index in [0.29, 0.717) is 16.9 Å². The molecule has 9 heteroatoms. The first-order valence-corrected chi connectivity index (χ1v) is 9.85. The molecule has 0 unspecified atom stereocenters. The molecule has 0 bridgehead atoms. The second-order valence-electron chi connectivity index (χ2n) is 7.36.